The number of anilines is 1. The highest BCUT2D eigenvalue weighted by Crippen LogP contribution is 2.23. The van der Waals surface area contributed by atoms with Gasteiger partial charge in [-0.2, -0.15) is 0 Å². The van der Waals surface area contributed by atoms with Crippen molar-refractivity contribution < 1.29 is 19.8 Å². The summed E-state index contributed by atoms with van der Waals surface area (Å²) in [6.07, 6.45) is 1.32. The molecular formula is C20H24ClN3O4. The van der Waals surface area contributed by atoms with E-state index in [0.29, 0.717) is 16.3 Å². The van der Waals surface area contributed by atoms with Crippen LogP contribution in [-0.2, 0) is 11.2 Å². The molecule has 0 saturated heterocycles. The van der Waals surface area contributed by atoms with Crippen LogP contribution in [0.25, 0.3) is 0 Å². The summed E-state index contributed by atoms with van der Waals surface area (Å²) in [6, 6.07) is 7.45. The molecule has 2 amide bonds. The molecule has 1 aromatic heterocycles. The smallest absolute Gasteiger partial charge is 0.270 e. The number of pyridine rings is 1. The van der Waals surface area contributed by atoms with Crippen LogP contribution in [0, 0.1) is 0 Å². The van der Waals surface area contributed by atoms with Crippen LogP contribution in [0.2, 0.25) is 5.02 Å². The number of hydrogen-bond donors (Lipinski definition) is 4. The second kappa shape index (κ2) is 8.16. The number of phenols is 1. The zero-order valence-corrected chi connectivity index (χ0v) is 17.0. The van der Waals surface area contributed by atoms with Gasteiger partial charge in [0.1, 0.15) is 11.4 Å². The number of amides is 2. The van der Waals surface area contributed by atoms with E-state index in [9.17, 15) is 19.8 Å². The average molecular weight is 406 g/mol. The largest absolute Gasteiger partial charge is 0.508 e. The first-order chi connectivity index (χ1) is 12.9. The molecule has 0 fully saturated rings. The minimum Gasteiger partial charge on any atom is -0.508 e. The third kappa shape index (κ3) is 5.43. The third-order valence-corrected chi connectivity index (χ3v) is 4.86. The molecule has 8 heteroatoms. The maximum absolute atomic E-state index is 12.5. The van der Waals surface area contributed by atoms with Crippen LogP contribution in [0.15, 0.2) is 36.5 Å². The van der Waals surface area contributed by atoms with E-state index in [0.717, 1.165) is 0 Å². The molecule has 0 saturated carbocycles. The van der Waals surface area contributed by atoms with E-state index in [1.807, 2.05) is 0 Å². The van der Waals surface area contributed by atoms with Crippen molar-refractivity contribution in [1.82, 2.24) is 10.3 Å². The fourth-order valence-corrected chi connectivity index (χ4v) is 2.40. The first-order valence-corrected chi connectivity index (χ1v) is 9.05. The molecule has 0 radical (unpaired) electrons. The lowest BCUT2D eigenvalue weighted by Gasteiger charge is -2.37. The minimum atomic E-state index is -1.15. The Morgan fingerprint density at radius 2 is 1.82 bits per heavy atom. The van der Waals surface area contributed by atoms with E-state index in [1.54, 1.807) is 33.8 Å². The average Bonchev–Trinajstić information content (AvgIpc) is 2.57. The van der Waals surface area contributed by atoms with Crippen molar-refractivity contribution in [3.05, 3.63) is 52.8 Å². The first-order valence-electron chi connectivity index (χ1n) is 8.67. The van der Waals surface area contributed by atoms with Gasteiger partial charge >= 0.3 is 0 Å². The van der Waals surface area contributed by atoms with Gasteiger partial charge in [0.15, 0.2) is 0 Å². The highest BCUT2D eigenvalue weighted by molar-refractivity contribution is 6.30. The number of phenolic OH excluding ortho intramolecular Hbond substituents is 1. The van der Waals surface area contributed by atoms with Gasteiger partial charge in [0, 0.05) is 22.5 Å². The minimum absolute atomic E-state index is 0.0248. The van der Waals surface area contributed by atoms with Gasteiger partial charge < -0.3 is 20.8 Å². The van der Waals surface area contributed by atoms with Crippen molar-refractivity contribution in [1.29, 1.82) is 0 Å². The molecule has 28 heavy (non-hydrogen) atoms. The Balaban J connectivity index is 2.09. The van der Waals surface area contributed by atoms with E-state index in [2.05, 4.69) is 15.6 Å². The monoisotopic (exact) mass is 405 g/mol. The summed E-state index contributed by atoms with van der Waals surface area (Å²) in [5.41, 5.74) is -1.17. The molecule has 2 rings (SSSR count). The Morgan fingerprint density at radius 3 is 2.46 bits per heavy atom. The summed E-state index contributed by atoms with van der Waals surface area (Å²) in [5.74, 6) is -0.883. The fourth-order valence-electron chi connectivity index (χ4n) is 2.21. The number of aromatic hydroxyl groups is 1. The van der Waals surface area contributed by atoms with Crippen molar-refractivity contribution in [3.8, 4) is 5.75 Å². The van der Waals surface area contributed by atoms with Gasteiger partial charge in [-0.15, -0.1) is 0 Å². The molecule has 2 aromatic rings. The number of nitrogens with one attached hydrogen (secondary N) is 2. The SMILES string of the molecule is CC(C)(O)C(C)(C)NC(=O)c1cc(NC(=O)Cc2cc(Cl)ccc2O)ccn1. The Kier molecular flexibility index (Phi) is 6.31. The van der Waals surface area contributed by atoms with Crippen LogP contribution >= 0.6 is 11.6 Å². The molecule has 4 N–H and O–H groups in total. The van der Waals surface area contributed by atoms with E-state index in [4.69, 9.17) is 11.6 Å². The molecule has 0 aliphatic heterocycles. The molecular weight excluding hydrogens is 382 g/mol. The van der Waals surface area contributed by atoms with Gasteiger partial charge in [0.2, 0.25) is 5.91 Å². The summed E-state index contributed by atoms with van der Waals surface area (Å²) < 4.78 is 0. The number of rotatable bonds is 6. The molecule has 1 heterocycles. The van der Waals surface area contributed by atoms with Crippen molar-refractivity contribution >= 4 is 29.1 Å². The van der Waals surface area contributed by atoms with E-state index >= 15 is 0 Å². The van der Waals surface area contributed by atoms with Crippen molar-refractivity contribution in [2.75, 3.05) is 5.32 Å². The molecule has 0 unspecified atom stereocenters. The molecule has 0 atom stereocenters. The van der Waals surface area contributed by atoms with Crippen molar-refractivity contribution in [3.63, 3.8) is 0 Å². The fraction of sp³-hybridized carbons (Fsp3) is 0.350. The zero-order valence-electron chi connectivity index (χ0n) is 16.2. The van der Waals surface area contributed by atoms with Crippen LogP contribution in [-0.4, -0.2) is 38.2 Å². The van der Waals surface area contributed by atoms with Gasteiger partial charge in [-0.1, -0.05) is 11.6 Å². The lowest BCUT2D eigenvalue weighted by Crippen LogP contribution is -2.57. The summed E-state index contributed by atoms with van der Waals surface area (Å²) in [6.45, 7) is 6.60. The quantitative estimate of drug-likeness (QED) is 0.590. The topological polar surface area (TPSA) is 112 Å². The Bertz CT molecular complexity index is 891. The highest BCUT2D eigenvalue weighted by Gasteiger charge is 2.36. The second-order valence-corrected chi connectivity index (χ2v) is 8.00. The predicted molar refractivity (Wildman–Crippen MR) is 108 cm³/mol. The third-order valence-electron chi connectivity index (χ3n) is 4.62. The summed E-state index contributed by atoms with van der Waals surface area (Å²) in [7, 11) is 0. The molecule has 0 aliphatic rings. The zero-order chi connectivity index (χ0) is 21.1. The number of nitrogens with zero attached hydrogens (tertiary/aromatic N) is 1. The number of aromatic nitrogens is 1. The van der Waals surface area contributed by atoms with Crippen molar-refractivity contribution in [2.45, 2.75) is 45.3 Å². The van der Waals surface area contributed by atoms with Gasteiger partial charge in [0.25, 0.3) is 5.91 Å². The summed E-state index contributed by atoms with van der Waals surface area (Å²) in [5, 5.41) is 25.8. The Hall–Kier alpha value is -2.64. The van der Waals surface area contributed by atoms with Gasteiger partial charge in [-0.05, 0) is 58.0 Å². The van der Waals surface area contributed by atoms with Crippen LogP contribution in [0.1, 0.15) is 43.7 Å². The van der Waals surface area contributed by atoms with Crippen molar-refractivity contribution in [2.24, 2.45) is 0 Å². The van der Waals surface area contributed by atoms with Gasteiger partial charge in [-0.25, -0.2) is 0 Å². The lowest BCUT2D eigenvalue weighted by atomic mass is 9.86. The van der Waals surface area contributed by atoms with Gasteiger partial charge in [0.05, 0.1) is 17.6 Å². The summed E-state index contributed by atoms with van der Waals surface area (Å²) >= 11 is 5.89. The number of halogens is 1. The van der Waals surface area contributed by atoms with E-state index < -0.39 is 17.0 Å². The number of carbonyl (C=O) groups is 2. The van der Waals surface area contributed by atoms with Crippen LogP contribution in [0.4, 0.5) is 5.69 Å². The number of hydrogen-bond acceptors (Lipinski definition) is 5. The maximum Gasteiger partial charge on any atom is 0.270 e. The van der Waals surface area contributed by atoms with E-state index in [1.165, 1.54) is 30.5 Å². The molecule has 7 nitrogen and oxygen atoms in total. The summed E-state index contributed by atoms with van der Waals surface area (Å²) in [4.78, 5) is 28.8. The lowest BCUT2D eigenvalue weighted by molar-refractivity contribution is -0.115. The Labute approximate surface area is 168 Å². The molecule has 0 bridgehead atoms. The normalized spacial score (nSPS) is 11.8. The highest BCUT2D eigenvalue weighted by atomic mass is 35.5. The second-order valence-electron chi connectivity index (χ2n) is 7.57. The van der Waals surface area contributed by atoms with Gasteiger partial charge in [-0.3, -0.25) is 14.6 Å². The first kappa shape index (κ1) is 21.7. The molecule has 0 spiro atoms. The predicted octanol–water partition coefficient (Wildman–Crippen LogP) is 2.90. The Morgan fingerprint density at radius 1 is 1.14 bits per heavy atom. The maximum atomic E-state index is 12.5. The number of carbonyl (C=O) groups excluding carboxylic acids is 2. The number of benzene rings is 1. The molecule has 0 aliphatic carbocycles. The standard InChI is InChI=1S/C20H24ClN3O4/c1-19(2,20(3,4)28)24-18(27)15-11-14(7-8-22-15)23-17(26)10-12-9-13(21)5-6-16(12)25/h5-9,11,25,28H,10H2,1-4H3,(H,24,27)(H,22,23,26). The van der Waals surface area contributed by atoms with E-state index in [-0.39, 0.29) is 23.8 Å². The molecule has 1 aromatic carbocycles. The number of aliphatic hydroxyl groups is 1. The van der Waals surface area contributed by atoms with Crippen LogP contribution in [0.3, 0.4) is 0 Å². The van der Waals surface area contributed by atoms with Crippen LogP contribution < -0.4 is 10.6 Å². The van der Waals surface area contributed by atoms with Crippen LogP contribution in [0.5, 0.6) is 5.75 Å². The molecule has 150 valence electrons.